The van der Waals surface area contributed by atoms with Crippen LogP contribution in [0, 0.1) is 0 Å². The number of Topliss-reactive ketones (excluding diaryl/α,β-unsaturated/α-hetero) is 1. The Morgan fingerprint density at radius 3 is 2.39 bits per heavy atom. The maximum Gasteiger partial charge on any atom is 0.134 e. The number of nitrogens with zero attached hydrogens (tertiary/aromatic N) is 1. The summed E-state index contributed by atoms with van der Waals surface area (Å²) in [5, 5.41) is 0. The van der Waals surface area contributed by atoms with Crippen molar-refractivity contribution in [2.75, 3.05) is 32.8 Å². The minimum Gasteiger partial charge on any atom is -0.379 e. The van der Waals surface area contributed by atoms with Gasteiger partial charge >= 0.3 is 0 Å². The molecule has 0 spiro atoms. The SMILES string of the molecule is CCCCCCCCC(=O)CCN1CCOCC1. The van der Waals surface area contributed by atoms with Crippen molar-refractivity contribution in [1.82, 2.24) is 4.90 Å². The van der Waals surface area contributed by atoms with Crippen molar-refractivity contribution in [1.29, 1.82) is 0 Å². The van der Waals surface area contributed by atoms with Gasteiger partial charge in [-0.2, -0.15) is 0 Å². The zero-order valence-corrected chi connectivity index (χ0v) is 12.0. The number of unbranched alkanes of at least 4 members (excludes halogenated alkanes) is 5. The molecule has 18 heavy (non-hydrogen) atoms. The van der Waals surface area contributed by atoms with Crippen molar-refractivity contribution >= 4 is 5.78 Å². The number of morpholine rings is 1. The van der Waals surface area contributed by atoms with Crippen LogP contribution in [-0.2, 0) is 9.53 Å². The summed E-state index contributed by atoms with van der Waals surface area (Å²) in [5.74, 6) is 0.442. The Kier molecular flexibility index (Phi) is 9.13. The normalized spacial score (nSPS) is 16.9. The molecule has 0 atom stereocenters. The Morgan fingerprint density at radius 2 is 1.67 bits per heavy atom. The first-order valence-corrected chi connectivity index (χ1v) is 7.64. The van der Waals surface area contributed by atoms with Crippen molar-refractivity contribution < 1.29 is 9.53 Å². The molecule has 1 rings (SSSR count). The predicted molar refractivity (Wildman–Crippen MR) is 74.9 cm³/mol. The highest BCUT2D eigenvalue weighted by molar-refractivity contribution is 5.78. The standard InChI is InChI=1S/C15H29NO2/c1-2-3-4-5-6-7-8-15(17)9-10-16-11-13-18-14-12-16/h2-14H2,1H3. The molecule has 1 saturated heterocycles. The van der Waals surface area contributed by atoms with Crippen LogP contribution < -0.4 is 0 Å². The molecule has 3 heteroatoms. The van der Waals surface area contributed by atoms with Crippen LogP contribution in [0.15, 0.2) is 0 Å². The van der Waals surface area contributed by atoms with E-state index >= 15 is 0 Å². The summed E-state index contributed by atoms with van der Waals surface area (Å²) in [4.78, 5) is 14.1. The molecule has 1 heterocycles. The van der Waals surface area contributed by atoms with Crippen LogP contribution in [0.25, 0.3) is 0 Å². The van der Waals surface area contributed by atoms with E-state index in [1.54, 1.807) is 0 Å². The second kappa shape index (κ2) is 10.5. The van der Waals surface area contributed by atoms with Gasteiger partial charge in [-0.05, 0) is 6.42 Å². The molecular weight excluding hydrogens is 226 g/mol. The molecule has 0 aliphatic carbocycles. The highest BCUT2D eigenvalue weighted by Crippen LogP contribution is 2.08. The number of rotatable bonds is 10. The lowest BCUT2D eigenvalue weighted by molar-refractivity contribution is -0.119. The number of hydrogen-bond donors (Lipinski definition) is 0. The third kappa shape index (κ3) is 7.83. The Morgan fingerprint density at radius 1 is 1.00 bits per heavy atom. The second-order valence-electron chi connectivity index (χ2n) is 5.26. The molecule has 0 aromatic rings. The van der Waals surface area contributed by atoms with Gasteiger partial charge < -0.3 is 4.74 Å². The fourth-order valence-corrected chi connectivity index (χ4v) is 2.34. The molecule has 0 amide bonds. The van der Waals surface area contributed by atoms with Gasteiger partial charge in [0.1, 0.15) is 5.78 Å². The molecule has 106 valence electrons. The molecule has 0 aromatic heterocycles. The number of ether oxygens (including phenoxy) is 1. The summed E-state index contributed by atoms with van der Waals surface area (Å²) < 4.78 is 5.29. The number of hydrogen-bond acceptors (Lipinski definition) is 3. The molecular formula is C15H29NO2. The van der Waals surface area contributed by atoms with Crippen LogP contribution >= 0.6 is 0 Å². The van der Waals surface area contributed by atoms with Crippen LogP contribution in [0.5, 0.6) is 0 Å². The summed E-state index contributed by atoms with van der Waals surface area (Å²) in [6, 6.07) is 0. The van der Waals surface area contributed by atoms with E-state index in [-0.39, 0.29) is 0 Å². The summed E-state index contributed by atoms with van der Waals surface area (Å²) in [7, 11) is 0. The van der Waals surface area contributed by atoms with Crippen molar-refractivity contribution in [3.63, 3.8) is 0 Å². The van der Waals surface area contributed by atoms with E-state index in [9.17, 15) is 4.79 Å². The Labute approximate surface area is 112 Å². The quantitative estimate of drug-likeness (QED) is 0.562. The van der Waals surface area contributed by atoms with Crippen LogP contribution in [0.1, 0.15) is 58.3 Å². The molecule has 1 fully saturated rings. The molecule has 0 unspecified atom stereocenters. The number of carbonyl (C=O) groups excluding carboxylic acids is 1. The maximum absolute atomic E-state index is 11.7. The van der Waals surface area contributed by atoms with Gasteiger partial charge in [0, 0.05) is 32.5 Å². The molecule has 1 aliphatic heterocycles. The minimum absolute atomic E-state index is 0.442. The topological polar surface area (TPSA) is 29.5 Å². The Bertz CT molecular complexity index is 213. The minimum atomic E-state index is 0.442. The van der Waals surface area contributed by atoms with Crippen LogP contribution in [0.3, 0.4) is 0 Å². The lowest BCUT2D eigenvalue weighted by Gasteiger charge is -2.26. The first-order chi connectivity index (χ1) is 8.83. The van der Waals surface area contributed by atoms with Crippen LogP contribution in [0.4, 0.5) is 0 Å². The highest BCUT2D eigenvalue weighted by Gasteiger charge is 2.11. The van der Waals surface area contributed by atoms with E-state index in [2.05, 4.69) is 11.8 Å². The zero-order chi connectivity index (χ0) is 13.1. The van der Waals surface area contributed by atoms with E-state index < -0.39 is 0 Å². The van der Waals surface area contributed by atoms with E-state index in [0.29, 0.717) is 5.78 Å². The number of ketones is 1. The lowest BCUT2D eigenvalue weighted by Crippen LogP contribution is -2.37. The summed E-state index contributed by atoms with van der Waals surface area (Å²) in [6.07, 6.45) is 9.09. The fraction of sp³-hybridized carbons (Fsp3) is 0.933. The third-order valence-corrected chi connectivity index (χ3v) is 3.62. The average molecular weight is 255 g/mol. The van der Waals surface area contributed by atoms with E-state index in [0.717, 1.165) is 52.1 Å². The van der Waals surface area contributed by atoms with E-state index in [1.165, 1.54) is 32.1 Å². The van der Waals surface area contributed by atoms with E-state index in [1.807, 2.05) is 0 Å². The molecule has 0 saturated carbocycles. The molecule has 1 aliphatic rings. The Balaban J connectivity index is 1.90. The van der Waals surface area contributed by atoms with Crippen molar-refractivity contribution in [3.8, 4) is 0 Å². The maximum atomic E-state index is 11.7. The van der Waals surface area contributed by atoms with Crippen molar-refractivity contribution in [3.05, 3.63) is 0 Å². The third-order valence-electron chi connectivity index (χ3n) is 3.62. The molecule has 0 N–H and O–H groups in total. The molecule has 0 aromatic carbocycles. The van der Waals surface area contributed by atoms with Gasteiger partial charge in [-0.3, -0.25) is 9.69 Å². The van der Waals surface area contributed by atoms with Gasteiger partial charge in [0.15, 0.2) is 0 Å². The fourth-order valence-electron chi connectivity index (χ4n) is 2.34. The largest absolute Gasteiger partial charge is 0.379 e. The average Bonchev–Trinajstić information content (AvgIpc) is 2.41. The second-order valence-corrected chi connectivity index (χ2v) is 5.26. The molecule has 3 nitrogen and oxygen atoms in total. The van der Waals surface area contributed by atoms with Gasteiger partial charge in [-0.1, -0.05) is 39.0 Å². The smallest absolute Gasteiger partial charge is 0.134 e. The highest BCUT2D eigenvalue weighted by atomic mass is 16.5. The lowest BCUT2D eigenvalue weighted by atomic mass is 10.1. The number of carbonyl (C=O) groups is 1. The first kappa shape index (κ1) is 15.6. The Hall–Kier alpha value is -0.410. The summed E-state index contributed by atoms with van der Waals surface area (Å²) in [6.45, 7) is 6.79. The predicted octanol–water partition coefficient (Wildman–Crippen LogP) is 3.03. The molecule has 0 bridgehead atoms. The van der Waals surface area contributed by atoms with Gasteiger partial charge in [-0.15, -0.1) is 0 Å². The monoisotopic (exact) mass is 255 g/mol. The van der Waals surface area contributed by atoms with Gasteiger partial charge in [0.25, 0.3) is 0 Å². The summed E-state index contributed by atoms with van der Waals surface area (Å²) >= 11 is 0. The first-order valence-electron chi connectivity index (χ1n) is 7.64. The summed E-state index contributed by atoms with van der Waals surface area (Å²) in [5.41, 5.74) is 0. The van der Waals surface area contributed by atoms with Gasteiger partial charge in [0.05, 0.1) is 13.2 Å². The zero-order valence-electron chi connectivity index (χ0n) is 12.0. The van der Waals surface area contributed by atoms with Crippen molar-refractivity contribution in [2.24, 2.45) is 0 Å². The van der Waals surface area contributed by atoms with Gasteiger partial charge in [-0.25, -0.2) is 0 Å². The van der Waals surface area contributed by atoms with Crippen LogP contribution in [-0.4, -0.2) is 43.5 Å². The van der Waals surface area contributed by atoms with Crippen LogP contribution in [0.2, 0.25) is 0 Å². The molecule has 0 radical (unpaired) electrons. The van der Waals surface area contributed by atoms with E-state index in [4.69, 9.17) is 4.74 Å². The van der Waals surface area contributed by atoms with Gasteiger partial charge in [0.2, 0.25) is 0 Å². The van der Waals surface area contributed by atoms with Crippen molar-refractivity contribution in [2.45, 2.75) is 58.3 Å².